The Morgan fingerprint density at radius 1 is 1.35 bits per heavy atom. The van der Waals surface area contributed by atoms with Gasteiger partial charge in [-0.2, -0.15) is 13.2 Å². The van der Waals surface area contributed by atoms with Crippen molar-refractivity contribution in [2.75, 3.05) is 23.4 Å². The zero-order valence-corrected chi connectivity index (χ0v) is 18.2. The Morgan fingerprint density at radius 2 is 2.00 bits per heavy atom. The lowest BCUT2D eigenvalue weighted by Gasteiger charge is -2.25. The normalized spacial score (nSPS) is 17.1. The molecule has 0 amide bonds. The summed E-state index contributed by atoms with van der Waals surface area (Å²) in [5, 5.41) is 0. The average molecular weight is 454 g/mol. The van der Waals surface area contributed by atoms with Gasteiger partial charge >= 0.3 is 6.18 Å². The van der Waals surface area contributed by atoms with Gasteiger partial charge in [-0.15, -0.1) is 0 Å². The van der Waals surface area contributed by atoms with Gasteiger partial charge in [0.2, 0.25) is 0 Å². The molecule has 5 N–H and O–H groups in total. The molecule has 1 aliphatic rings. The fourth-order valence-corrected chi connectivity index (χ4v) is 4.24. The zero-order chi connectivity index (χ0) is 23.2. The van der Waals surface area contributed by atoms with Crippen LogP contribution in [0.3, 0.4) is 0 Å². The van der Waals surface area contributed by atoms with Crippen LogP contribution in [0.4, 0.5) is 24.7 Å². The highest BCUT2D eigenvalue weighted by molar-refractivity contribution is 7.91. The maximum absolute atomic E-state index is 12.9. The largest absolute Gasteiger partial charge is 0.417 e. The van der Waals surface area contributed by atoms with E-state index in [9.17, 15) is 17.4 Å². The van der Waals surface area contributed by atoms with Gasteiger partial charge in [0, 0.05) is 45.5 Å². The third-order valence-corrected chi connectivity index (χ3v) is 7.29. The van der Waals surface area contributed by atoms with Crippen LogP contribution in [0.1, 0.15) is 42.0 Å². The number of nitrogens with two attached hydrogens (primary N) is 2. The monoisotopic (exact) mass is 453 g/mol. The van der Waals surface area contributed by atoms with Crippen LogP contribution in [-0.2, 0) is 27.2 Å². The van der Waals surface area contributed by atoms with Crippen LogP contribution in [0, 0.1) is 4.78 Å². The number of aromatic nitrogens is 1. The third-order valence-electron chi connectivity index (χ3n) is 5.58. The second-order valence-corrected chi connectivity index (χ2v) is 10.4. The van der Waals surface area contributed by atoms with Crippen molar-refractivity contribution in [3.63, 3.8) is 0 Å². The van der Waals surface area contributed by atoms with Gasteiger partial charge in [-0.25, -0.2) is 9.19 Å². The van der Waals surface area contributed by atoms with Crippen molar-refractivity contribution in [1.82, 2.24) is 4.98 Å². The van der Waals surface area contributed by atoms with Crippen molar-refractivity contribution in [3.05, 3.63) is 59.3 Å². The summed E-state index contributed by atoms with van der Waals surface area (Å²) in [7, 11) is -1.26. The summed E-state index contributed by atoms with van der Waals surface area (Å²) >= 11 is 0. The van der Waals surface area contributed by atoms with E-state index in [0.717, 1.165) is 30.7 Å². The number of rotatable bonds is 7. The lowest BCUT2D eigenvalue weighted by molar-refractivity contribution is -0.137. The summed E-state index contributed by atoms with van der Waals surface area (Å²) in [5.74, 6) is 0.332. The highest BCUT2D eigenvalue weighted by atomic mass is 32.2. The molecule has 3 rings (SSSR count). The van der Waals surface area contributed by atoms with Crippen molar-refractivity contribution in [2.24, 2.45) is 5.73 Å². The molecule has 0 bridgehead atoms. The minimum absolute atomic E-state index is 0.0194. The topological polar surface area (TPSA) is 109 Å². The first-order chi connectivity index (χ1) is 14.3. The number of nitrogens with zero attached hydrogens (tertiary/aromatic N) is 2. The zero-order valence-electron chi connectivity index (χ0n) is 17.4. The lowest BCUT2D eigenvalue weighted by atomic mass is 9.97. The van der Waals surface area contributed by atoms with Gasteiger partial charge in [-0.3, -0.25) is 4.78 Å². The fraction of sp³-hybridized carbons (Fsp3) is 0.381. The van der Waals surface area contributed by atoms with Crippen molar-refractivity contribution < 1.29 is 17.4 Å². The van der Waals surface area contributed by atoms with Gasteiger partial charge in [0.1, 0.15) is 0 Å². The second-order valence-electron chi connectivity index (χ2n) is 7.91. The molecule has 1 saturated carbocycles. The molecular weight excluding hydrogens is 427 g/mol. The van der Waals surface area contributed by atoms with Gasteiger partial charge in [-0.1, -0.05) is 31.7 Å². The SMILES string of the molecule is C=C(c1ccc(C2(N)CC2)cc1CS(=N)(=O)CC)N(C)c1ncc(C(F)(F)F)cc1N. The van der Waals surface area contributed by atoms with E-state index in [0.29, 0.717) is 16.8 Å². The Bertz CT molecular complexity index is 1120. The van der Waals surface area contributed by atoms with Crippen LogP contribution in [0.15, 0.2) is 37.0 Å². The number of pyridine rings is 1. The Balaban J connectivity index is 2.00. The fourth-order valence-electron chi connectivity index (χ4n) is 3.30. The Kier molecular flexibility index (Phi) is 5.83. The molecule has 1 heterocycles. The molecule has 10 heteroatoms. The smallest absolute Gasteiger partial charge is 0.396 e. The highest BCUT2D eigenvalue weighted by Gasteiger charge is 2.40. The van der Waals surface area contributed by atoms with Crippen molar-refractivity contribution >= 4 is 26.9 Å². The molecule has 6 nitrogen and oxygen atoms in total. The van der Waals surface area contributed by atoms with Gasteiger partial charge in [0.05, 0.1) is 17.0 Å². The standard InChI is InChI=1S/C21H26F3N5OS/c1-4-31(27,30)12-14-9-15(20(26)7-8-20)5-6-17(14)13(2)29(3)19-18(25)10-16(11-28-19)21(22,23)24/h5-6,9-11,27H,2,4,7-8,12,25-26H2,1,3H3. The molecule has 31 heavy (non-hydrogen) atoms. The third kappa shape index (κ3) is 4.85. The van der Waals surface area contributed by atoms with Crippen molar-refractivity contribution in [1.29, 1.82) is 4.78 Å². The molecule has 0 saturated heterocycles. The van der Waals surface area contributed by atoms with Gasteiger partial charge in [0.15, 0.2) is 5.82 Å². The quantitative estimate of drug-likeness (QED) is 0.579. The molecule has 168 valence electrons. The van der Waals surface area contributed by atoms with Crippen LogP contribution in [0.2, 0.25) is 0 Å². The Morgan fingerprint density at radius 3 is 2.52 bits per heavy atom. The van der Waals surface area contributed by atoms with Crippen LogP contribution < -0.4 is 16.4 Å². The van der Waals surface area contributed by atoms with E-state index in [-0.39, 0.29) is 23.0 Å². The number of halogens is 3. The number of hydrogen-bond donors (Lipinski definition) is 3. The number of benzene rings is 1. The van der Waals surface area contributed by atoms with E-state index in [1.54, 1.807) is 20.0 Å². The van der Waals surface area contributed by atoms with Crippen molar-refractivity contribution in [2.45, 2.75) is 37.2 Å². The number of hydrogen-bond acceptors (Lipinski definition) is 6. The first kappa shape index (κ1) is 23.1. The minimum Gasteiger partial charge on any atom is -0.396 e. The number of alkyl halides is 3. The Hall–Kier alpha value is -2.59. The van der Waals surface area contributed by atoms with Gasteiger partial charge in [-0.05, 0) is 30.0 Å². The summed E-state index contributed by atoms with van der Waals surface area (Å²) in [6.07, 6.45) is -2.13. The summed E-state index contributed by atoms with van der Waals surface area (Å²) in [6, 6.07) is 6.35. The predicted molar refractivity (Wildman–Crippen MR) is 118 cm³/mol. The molecule has 1 aliphatic carbocycles. The maximum atomic E-state index is 12.9. The van der Waals surface area contributed by atoms with E-state index >= 15 is 0 Å². The Labute approximate surface area is 180 Å². The molecule has 0 spiro atoms. The minimum atomic E-state index is -4.55. The first-order valence-corrected chi connectivity index (χ1v) is 11.6. The second kappa shape index (κ2) is 7.83. The average Bonchev–Trinajstić information content (AvgIpc) is 3.44. The number of anilines is 2. The number of nitrogen functional groups attached to an aromatic ring is 1. The predicted octanol–water partition coefficient (Wildman–Crippen LogP) is 4.30. The van der Waals surface area contributed by atoms with E-state index in [1.807, 2.05) is 12.1 Å². The first-order valence-electron chi connectivity index (χ1n) is 9.69. The van der Waals surface area contributed by atoms with Crippen molar-refractivity contribution in [3.8, 4) is 0 Å². The molecule has 0 radical (unpaired) electrons. The van der Waals surface area contributed by atoms with Gasteiger partial charge in [0.25, 0.3) is 0 Å². The molecule has 2 aromatic rings. The van der Waals surface area contributed by atoms with E-state index in [2.05, 4.69) is 11.6 Å². The molecule has 1 aromatic heterocycles. The van der Waals surface area contributed by atoms with Crippen LogP contribution in [0.5, 0.6) is 0 Å². The van der Waals surface area contributed by atoms with E-state index < -0.39 is 27.0 Å². The number of nitrogens with one attached hydrogen (secondary N) is 1. The highest BCUT2D eigenvalue weighted by Crippen LogP contribution is 2.44. The van der Waals surface area contributed by atoms with Crippen LogP contribution >= 0.6 is 0 Å². The molecule has 0 aliphatic heterocycles. The van der Waals surface area contributed by atoms with E-state index in [1.165, 1.54) is 4.90 Å². The molecule has 1 unspecified atom stereocenters. The summed E-state index contributed by atoms with van der Waals surface area (Å²) in [4.78, 5) is 5.37. The summed E-state index contributed by atoms with van der Waals surface area (Å²) in [5.41, 5.74) is 13.2. The summed E-state index contributed by atoms with van der Waals surface area (Å²) in [6.45, 7) is 5.75. The van der Waals surface area contributed by atoms with Gasteiger partial charge < -0.3 is 16.4 Å². The van der Waals surface area contributed by atoms with Crippen LogP contribution in [-0.4, -0.2) is 22.0 Å². The van der Waals surface area contributed by atoms with Crippen LogP contribution in [0.25, 0.3) is 5.70 Å². The molecule has 1 aromatic carbocycles. The molecule has 1 atom stereocenters. The summed E-state index contributed by atoms with van der Waals surface area (Å²) < 4.78 is 59.4. The van der Waals surface area contributed by atoms with E-state index in [4.69, 9.17) is 16.2 Å². The maximum Gasteiger partial charge on any atom is 0.417 e. The molecular formula is C21H26F3N5OS. The molecule has 1 fully saturated rings. The lowest BCUT2D eigenvalue weighted by Crippen LogP contribution is -2.22.